The second-order valence-corrected chi connectivity index (χ2v) is 19.9. The predicted octanol–water partition coefficient (Wildman–Crippen LogP) is 0.0772. The fourth-order valence-corrected chi connectivity index (χ4v) is 10.0. The van der Waals surface area contributed by atoms with Crippen LogP contribution in [0.4, 0.5) is 0 Å². The number of sulfonamides is 1. The van der Waals surface area contributed by atoms with E-state index >= 15 is 0 Å². The number of rotatable bonds is 24. The fraction of sp³-hybridized carbons (Fsp3) is 0.738. The number of guanidine groups is 1. The van der Waals surface area contributed by atoms with Gasteiger partial charge in [0.05, 0.1) is 55.1 Å². The Kier molecular flexibility index (Phi) is 19.4. The van der Waals surface area contributed by atoms with Crippen molar-refractivity contribution in [3.63, 3.8) is 0 Å². The third-order valence-electron chi connectivity index (χ3n) is 12.6. The van der Waals surface area contributed by atoms with E-state index in [1.807, 2.05) is 51.6 Å². The van der Waals surface area contributed by atoms with E-state index in [4.69, 9.17) is 14.5 Å². The molecular formula is C42H70N11O10PS. The second kappa shape index (κ2) is 23.8. The smallest absolute Gasteiger partial charge is 0.256 e. The van der Waals surface area contributed by atoms with Crippen molar-refractivity contribution in [2.75, 3.05) is 66.9 Å². The molecule has 0 bridgehead atoms. The number of nitrogens with zero attached hydrogens (tertiary/aromatic N) is 9. The van der Waals surface area contributed by atoms with Gasteiger partial charge in [-0.3, -0.25) is 43.1 Å². The van der Waals surface area contributed by atoms with Crippen molar-refractivity contribution >= 4 is 60.7 Å². The Morgan fingerprint density at radius 2 is 1.65 bits per heavy atom. The van der Waals surface area contributed by atoms with Gasteiger partial charge in [0.15, 0.2) is 5.96 Å². The molecule has 4 rings (SSSR count). The minimum absolute atomic E-state index is 0.0109. The summed E-state index contributed by atoms with van der Waals surface area (Å²) in [6, 6.07) is -2.79. The molecule has 2 N–H and O–H groups in total. The van der Waals surface area contributed by atoms with Crippen LogP contribution in [0.5, 0.6) is 0 Å². The monoisotopic (exact) mass is 951 g/mol. The summed E-state index contributed by atoms with van der Waals surface area (Å²) < 4.78 is 41.2. The number of hydrogen-bond donors (Lipinski definition) is 2. The molecule has 364 valence electrons. The van der Waals surface area contributed by atoms with Gasteiger partial charge in [-0.05, 0) is 37.3 Å². The normalized spacial score (nSPS) is 19.9. The highest BCUT2D eigenvalue weighted by Crippen LogP contribution is 2.30. The Balaban J connectivity index is 1.36. The quantitative estimate of drug-likeness (QED) is 0.103. The van der Waals surface area contributed by atoms with Crippen LogP contribution in [0, 0.1) is 17.8 Å². The molecule has 0 aromatic carbocycles. The van der Waals surface area contributed by atoms with E-state index in [2.05, 4.69) is 29.6 Å². The summed E-state index contributed by atoms with van der Waals surface area (Å²) in [4.78, 5) is 92.6. The number of carbonyl (C=O) groups excluding carboxylic acids is 6. The summed E-state index contributed by atoms with van der Waals surface area (Å²) >= 11 is 0. The molecule has 4 heterocycles. The Morgan fingerprint density at radius 3 is 2.22 bits per heavy atom. The Morgan fingerprint density at radius 1 is 1.00 bits per heavy atom. The average Bonchev–Trinajstić information content (AvgIpc) is 4.07. The first-order valence-corrected chi connectivity index (χ1v) is 24.7. The van der Waals surface area contributed by atoms with Gasteiger partial charge in [0.2, 0.25) is 27.7 Å². The largest absolute Gasteiger partial charge is 0.379 e. The first kappa shape index (κ1) is 53.1. The van der Waals surface area contributed by atoms with E-state index in [9.17, 15) is 37.2 Å². The number of amides is 6. The minimum atomic E-state index is -4.13. The highest BCUT2D eigenvalue weighted by atomic mass is 32.2. The zero-order chi connectivity index (χ0) is 48.3. The van der Waals surface area contributed by atoms with Gasteiger partial charge < -0.3 is 34.4 Å². The number of aromatic nitrogens is 3. The maximum Gasteiger partial charge on any atom is 0.256 e. The maximum absolute atomic E-state index is 14.3. The molecule has 21 nitrogen and oxygen atoms in total. The molecule has 2 saturated heterocycles. The number of imide groups is 1. The van der Waals surface area contributed by atoms with Crippen LogP contribution in [0.1, 0.15) is 72.4 Å². The van der Waals surface area contributed by atoms with Crippen LogP contribution >= 0.6 is 9.24 Å². The standard InChI is InChI=1S/C42H70N11O10PS/c1-11-27(4)37(50(8)41(59)36(26(2)3)44-42-48(6)19-20-49(42)7)32(62-9)22-35(56)52-18-12-14-31(52)38(63-10)28(5)39(57)43-30(25-64)40(58)46-65(60,61)21-13-17-51-23-29(45-47-51)24-53-33(54)15-16-34(53)55/h15-16,23,26-28,30-32,36-38H,11-14,17-22,24-25,64H2,1-10H3,(H,43,57)(H,46,58)/t27-,28+,30-,31-,32+,36-,37-,38+/m0/s1. The lowest BCUT2D eigenvalue weighted by Gasteiger charge is -2.40. The number of carbonyl (C=O) groups is 6. The molecule has 65 heavy (non-hydrogen) atoms. The zero-order valence-corrected chi connectivity index (χ0v) is 41.5. The molecule has 1 aromatic heterocycles. The topological polar surface area (TPSA) is 238 Å². The number of hydrogen-bond acceptors (Lipinski definition) is 13. The van der Waals surface area contributed by atoms with E-state index in [1.54, 1.807) is 30.9 Å². The lowest BCUT2D eigenvalue weighted by Crippen LogP contribution is -2.56. The molecule has 6 amide bonds. The SMILES string of the molecule is CC[C@H](C)[C@@H]([C@@H](CC(=O)N1CCC[C@H]1[C@H](OC)[C@@H](C)C(=O)N[C@@H](CP)C(=O)NS(=O)(=O)CCCn1cc(CN2C(=O)C=CC2=O)nn1)OC)N(C)C(=O)[C@@H](N=C1N(C)CCN1C)C(C)C. The van der Waals surface area contributed by atoms with Crippen LogP contribution in [0.15, 0.2) is 23.3 Å². The minimum Gasteiger partial charge on any atom is -0.379 e. The van der Waals surface area contributed by atoms with E-state index in [0.717, 1.165) is 42.5 Å². The molecule has 0 radical (unpaired) electrons. The van der Waals surface area contributed by atoms with Crippen LogP contribution in [-0.2, 0) is 61.4 Å². The van der Waals surface area contributed by atoms with Gasteiger partial charge in [0, 0.05) is 73.7 Å². The van der Waals surface area contributed by atoms with Crippen LogP contribution in [-0.4, -0.2) is 193 Å². The molecule has 3 aliphatic heterocycles. The Hall–Kier alpha value is -4.53. The van der Waals surface area contributed by atoms with Crippen molar-refractivity contribution in [3.05, 3.63) is 24.0 Å². The van der Waals surface area contributed by atoms with Gasteiger partial charge in [0.25, 0.3) is 17.7 Å². The van der Waals surface area contributed by atoms with E-state index in [-0.39, 0.29) is 55.7 Å². The summed E-state index contributed by atoms with van der Waals surface area (Å²) in [6.45, 7) is 11.8. The molecule has 9 atom stereocenters. The second-order valence-electron chi connectivity index (χ2n) is 17.6. The van der Waals surface area contributed by atoms with Crippen molar-refractivity contribution in [1.29, 1.82) is 0 Å². The van der Waals surface area contributed by atoms with Crippen LogP contribution < -0.4 is 10.0 Å². The lowest BCUT2D eigenvalue weighted by molar-refractivity contribution is -0.146. The number of likely N-dealkylation sites (N-methyl/N-ethyl adjacent to an activating group) is 3. The average molecular weight is 952 g/mol. The van der Waals surface area contributed by atoms with Gasteiger partial charge >= 0.3 is 0 Å². The molecule has 0 saturated carbocycles. The summed E-state index contributed by atoms with van der Waals surface area (Å²) in [5, 5.41) is 10.5. The van der Waals surface area contributed by atoms with Gasteiger partial charge in [-0.15, -0.1) is 14.3 Å². The summed E-state index contributed by atoms with van der Waals surface area (Å²) in [7, 11) is 6.90. The highest BCUT2D eigenvalue weighted by Gasteiger charge is 2.43. The molecule has 3 aliphatic rings. The molecular weight excluding hydrogens is 882 g/mol. The van der Waals surface area contributed by atoms with Crippen LogP contribution in [0.3, 0.4) is 0 Å². The predicted molar refractivity (Wildman–Crippen MR) is 245 cm³/mol. The molecule has 2 fully saturated rings. The van der Waals surface area contributed by atoms with Gasteiger partial charge in [-0.1, -0.05) is 46.3 Å². The summed E-state index contributed by atoms with van der Waals surface area (Å²) in [5.74, 6) is -3.41. The van der Waals surface area contributed by atoms with Crippen molar-refractivity contribution in [1.82, 2.24) is 49.5 Å². The molecule has 0 aliphatic carbocycles. The van der Waals surface area contributed by atoms with E-state index in [0.29, 0.717) is 25.1 Å². The van der Waals surface area contributed by atoms with Crippen molar-refractivity contribution in [2.24, 2.45) is 22.7 Å². The van der Waals surface area contributed by atoms with Crippen molar-refractivity contribution in [2.45, 2.75) is 116 Å². The number of nitrogens with one attached hydrogen (secondary N) is 2. The van der Waals surface area contributed by atoms with Gasteiger partial charge in [-0.2, -0.15) is 0 Å². The van der Waals surface area contributed by atoms with Gasteiger partial charge in [-0.25, -0.2) is 13.4 Å². The Bertz CT molecular complexity index is 2000. The van der Waals surface area contributed by atoms with Crippen molar-refractivity contribution < 1.29 is 46.7 Å². The summed E-state index contributed by atoms with van der Waals surface area (Å²) in [5.41, 5.74) is 0.341. The van der Waals surface area contributed by atoms with Crippen molar-refractivity contribution in [3.8, 4) is 0 Å². The van der Waals surface area contributed by atoms with Crippen LogP contribution in [0.25, 0.3) is 0 Å². The first-order valence-electron chi connectivity index (χ1n) is 22.3. The number of likely N-dealkylation sites (tertiary alicyclic amines) is 1. The molecule has 0 spiro atoms. The van der Waals surface area contributed by atoms with E-state index in [1.165, 1.54) is 18.0 Å². The molecule has 1 aromatic rings. The van der Waals surface area contributed by atoms with E-state index < -0.39 is 81.7 Å². The molecule has 23 heteroatoms. The van der Waals surface area contributed by atoms with Crippen LogP contribution in [0.2, 0.25) is 0 Å². The molecule has 1 unspecified atom stereocenters. The first-order chi connectivity index (χ1) is 30.7. The lowest BCUT2D eigenvalue weighted by atomic mass is 9.89. The zero-order valence-electron chi connectivity index (χ0n) is 39.5. The number of aryl methyl sites for hydroxylation is 1. The number of aliphatic imine (C=N–C) groups is 1. The van der Waals surface area contributed by atoms with Gasteiger partial charge in [0.1, 0.15) is 17.8 Å². The number of methoxy groups -OCH3 is 2. The number of ether oxygens (including phenoxy) is 2. The maximum atomic E-state index is 14.3. The third-order valence-corrected chi connectivity index (χ3v) is 14.4. The third kappa shape index (κ3) is 13.5. The highest BCUT2D eigenvalue weighted by molar-refractivity contribution is 7.90. The fourth-order valence-electron chi connectivity index (χ4n) is 8.61. The Labute approximate surface area is 385 Å². The summed E-state index contributed by atoms with van der Waals surface area (Å²) in [6.07, 6.45) is 4.40.